The topological polar surface area (TPSA) is 69.9 Å². The number of hydrogen-bond donors (Lipinski definition) is 0. The van der Waals surface area contributed by atoms with Gasteiger partial charge in [0.2, 0.25) is 0 Å². The molecule has 0 fully saturated rings. The molecule has 0 bridgehead atoms. The second-order valence-electron chi connectivity index (χ2n) is 7.00. The molecule has 0 saturated heterocycles. The highest BCUT2D eigenvalue weighted by molar-refractivity contribution is 7.09. The van der Waals surface area contributed by atoms with Gasteiger partial charge in [0.1, 0.15) is 6.61 Å². The van der Waals surface area contributed by atoms with Crippen molar-refractivity contribution in [2.75, 3.05) is 0 Å². The van der Waals surface area contributed by atoms with E-state index in [1.54, 1.807) is 23.6 Å². The molecule has 0 amide bonds. The quantitative estimate of drug-likeness (QED) is 0.419. The van der Waals surface area contributed by atoms with Gasteiger partial charge in [0.25, 0.3) is 0 Å². The first-order chi connectivity index (χ1) is 14.1. The molecule has 0 aliphatic heterocycles. The molecule has 0 saturated carbocycles. The number of thiazole rings is 1. The largest absolute Gasteiger partial charge is 0.456 e. The molecule has 6 nitrogen and oxygen atoms in total. The lowest BCUT2D eigenvalue weighted by Crippen LogP contribution is -2.08. The normalized spacial score (nSPS) is 11.3. The molecule has 0 radical (unpaired) electrons. The van der Waals surface area contributed by atoms with E-state index in [1.165, 1.54) is 0 Å². The molecule has 7 heteroatoms. The van der Waals surface area contributed by atoms with Crippen LogP contribution in [-0.2, 0) is 17.8 Å². The summed E-state index contributed by atoms with van der Waals surface area (Å²) < 4.78 is 7.41. The third-order valence-electron chi connectivity index (χ3n) is 4.60. The molecule has 1 aromatic carbocycles. The second kappa shape index (κ2) is 8.13. The van der Waals surface area contributed by atoms with Gasteiger partial charge in [-0.1, -0.05) is 37.3 Å². The minimum atomic E-state index is -0.399. The van der Waals surface area contributed by atoms with Crippen LogP contribution in [0.2, 0.25) is 0 Å². The number of ether oxygens (including phenoxy) is 1. The second-order valence-corrected chi connectivity index (χ2v) is 7.95. The van der Waals surface area contributed by atoms with Crippen molar-refractivity contribution in [3.63, 3.8) is 0 Å². The third-order valence-corrected chi connectivity index (χ3v) is 5.64. The van der Waals surface area contributed by atoms with Gasteiger partial charge >= 0.3 is 5.97 Å². The molecule has 4 aromatic rings. The van der Waals surface area contributed by atoms with Crippen molar-refractivity contribution in [3.05, 3.63) is 64.2 Å². The summed E-state index contributed by atoms with van der Waals surface area (Å²) in [5, 5.41) is 8.10. The summed E-state index contributed by atoms with van der Waals surface area (Å²) in [6.07, 6.45) is 2.56. The molecule has 4 rings (SSSR count). The van der Waals surface area contributed by atoms with Crippen molar-refractivity contribution >= 4 is 28.3 Å². The third kappa shape index (κ3) is 3.91. The zero-order valence-electron chi connectivity index (χ0n) is 16.6. The lowest BCUT2D eigenvalue weighted by Gasteiger charge is -2.10. The number of carbonyl (C=O) groups excluding carboxylic acids is 1. The number of esters is 1. The summed E-state index contributed by atoms with van der Waals surface area (Å²) in [4.78, 5) is 22.2. The molecule has 0 aliphatic carbocycles. The Balaban J connectivity index is 1.72. The smallest absolute Gasteiger partial charge is 0.339 e. The number of aromatic nitrogens is 4. The van der Waals surface area contributed by atoms with Crippen molar-refractivity contribution in [1.82, 2.24) is 19.7 Å². The van der Waals surface area contributed by atoms with Crippen LogP contribution in [0.25, 0.3) is 22.3 Å². The van der Waals surface area contributed by atoms with Crippen LogP contribution in [0.4, 0.5) is 0 Å². The van der Waals surface area contributed by atoms with Gasteiger partial charge in [0, 0.05) is 17.0 Å². The van der Waals surface area contributed by atoms with Crippen molar-refractivity contribution in [2.45, 2.75) is 39.8 Å². The summed E-state index contributed by atoms with van der Waals surface area (Å²) in [6.45, 7) is 6.28. The van der Waals surface area contributed by atoms with E-state index in [0.29, 0.717) is 16.6 Å². The highest BCUT2D eigenvalue weighted by Crippen LogP contribution is 2.27. The Kier molecular flexibility index (Phi) is 5.40. The maximum atomic E-state index is 13.0. The van der Waals surface area contributed by atoms with E-state index in [1.807, 2.05) is 54.2 Å². The minimum absolute atomic E-state index is 0.123. The lowest BCUT2D eigenvalue weighted by molar-refractivity contribution is 0.0470. The molecule has 3 aromatic heterocycles. The Morgan fingerprint density at radius 3 is 2.69 bits per heavy atom. The first-order valence-electron chi connectivity index (χ1n) is 9.61. The molecular weight excluding hydrogens is 384 g/mol. The Bertz CT molecular complexity index is 1150. The number of fused-ring (bicyclic) bond motifs is 1. The monoisotopic (exact) mass is 406 g/mol. The molecule has 0 aliphatic rings. The predicted molar refractivity (Wildman–Crippen MR) is 114 cm³/mol. The van der Waals surface area contributed by atoms with Gasteiger partial charge in [0.15, 0.2) is 5.65 Å². The summed E-state index contributed by atoms with van der Waals surface area (Å²) in [5.74, 6) is -0.399. The van der Waals surface area contributed by atoms with Crippen LogP contribution < -0.4 is 0 Å². The average Bonchev–Trinajstić information content (AvgIpc) is 3.38. The standard InChI is InChI=1S/C22H22N4O2S/c1-4-20-24-16(13-29-20)12-28-22(27)17-10-19(15-8-6-5-7-9-15)25-21-18(17)11-23-26(21)14(2)3/h5-11,13-14H,4,12H2,1-3H3. The fourth-order valence-corrected chi connectivity index (χ4v) is 3.85. The van der Waals surface area contributed by atoms with E-state index in [4.69, 9.17) is 9.72 Å². The number of benzene rings is 1. The maximum Gasteiger partial charge on any atom is 0.339 e. The summed E-state index contributed by atoms with van der Waals surface area (Å²) >= 11 is 1.58. The first kappa shape index (κ1) is 19.3. The van der Waals surface area contributed by atoms with E-state index in [-0.39, 0.29) is 12.6 Å². The number of pyridine rings is 1. The van der Waals surface area contributed by atoms with E-state index in [2.05, 4.69) is 17.0 Å². The summed E-state index contributed by atoms with van der Waals surface area (Å²) in [6, 6.07) is 11.7. The summed E-state index contributed by atoms with van der Waals surface area (Å²) in [5.41, 5.74) is 3.56. The molecular formula is C22H22N4O2S. The molecule has 0 atom stereocenters. The van der Waals surface area contributed by atoms with E-state index in [9.17, 15) is 4.79 Å². The van der Waals surface area contributed by atoms with Crippen LogP contribution in [0.15, 0.2) is 48.0 Å². The van der Waals surface area contributed by atoms with Gasteiger partial charge in [-0.05, 0) is 26.3 Å². The zero-order chi connectivity index (χ0) is 20.4. The van der Waals surface area contributed by atoms with E-state index >= 15 is 0 Å². The number of hydrogen-bond acceptors (Lipinski definition) is 6. The molecule has 3 heterocycles. The molecule has 29 heavy (non-hydrogen) atoms. The molecule has 0 unspecified atom stereocenters. The highest BCUT2D eigenvalue weighted by atomic mass is 32.1. The van der Waals surface area contributed by atoms with Crippen LogP contribution in [0.1, 0.15) is 47.9 Å². The SMILES string of the molecule is CCc1nc(COC(=O)c2cc(-c3ccccc3)nc3c2cnn3C(C)C)cs1. The number of nitrogens with zero attached hydrogens (tertiary/aromatic N) is 4. The van der Waals surface area contributed by atoms with Crippen LogP contribution in [0.5, 0.6) is 0 Å². The fourth-order valence-electron chi connectivity index (χ4n) is 3.12. The Labute approximate surface area is 173 Å². The number of aryl methyl sites for hydroxylation is 1. The Hall–Kier alpha value is -3.06. The van der Waals surface area contributed by atoms with Crippen LogP contribution >= 0.6 is 11.3 Å². The van der Waals surface area contributed by atoms with Gasteiger partial charge in [0.05, 0.1) is 33.5 Å². The van der Waals surface area contributed by atoms with Gasteiger partial charge < -0.3 is 4.74 Å². The summed E-state index contributed by atoms with van der Waals surface area (Å²) in [7, 11) is 0. The molecule has 148 valence electrons. The van der Waals surface area contributed by atoms with Crippen LogP contribution in [0, 0.1) is 0 Å². The predicted octanol–water partition coefficient (Wildman–Crippen LogP) is 5.06. The van der Waals surface area contributed by atoms with E-state index < -0.39 is 5.97 Å². The minimum Gasteiger partial charge on any atom is -0.456 e. The van der Waals surface area contributed by atoms with Crippen LogP contribution in [0.3, 0.4) is 0 Å². The van der Waals surface area contributed by atoms with Gasteiger partial charge in [-0.15, -0.1) is 11.3 Å². The zero-order valence-corrected chi connectivity index (χ0v) is 17.4. The van der Waals surface area contributed by atoms with Gasteiger partial charge in [-0.2, -0.15) is 5.10 Å². The highest BCUT2D eigenvalue weighted by Gasteiger charge is 2.20. The van der Waals surface area contributed by atoms with Crippen molar-refractivity contribution in [1.29, 1.82) is 0 Å². The van der Waals surface area contributed by atoms with Crippen molar-refractivity contribution in [2.24, 2.45) is 0 Å². The first-order valence-corrected chi connectivity index (χ1v) is 10.5. The molecule has 0 N–H and O–H groups in total. The Morgan fingerprint density at radius 1 is 1.21 bits per heavy atom. The lowest BCUT2D eigenvalue weighted by atomic mass is 10.1. The molecule has 0 spiro atoms. The maximum absolute atomic E-state index is 13.0. The fraction of sp³-hybridized carbons (Fsp3) is 0.273. The average molecular weight is 407 g/mol. The number of rotatable bonds is 6. The van der Waals surface area contributed by atoms with Crippen LogP contribution in [-0.4, -0.2) is 25.7 Å². The van der Waals surface area contributed by atoms with Crippen molar-refractivity contribution in [3.8, 4) is 11.3 Å². The van der Waals surface area contributed by atoms with Crippen molar-refractivity contribution < 1.29 is 9.53 Å². The van der Waals surface area contributed by atoms with Gasteiger partial charge in [-0.25, -0.2) is 19.4 Å². The Morgan fingerprint density at radius 2 is 2.00 bits per heavy atom. The number of carbonyl (C=O) groups is 1. The van der Waals surface area contributed by atoms with Gasteiger partial charge in [-0.3, -0.25) is 0 Å². The van der Waals surface area contributed by atoms with E-state index in [0.717, 1.165) is 28.4 Å².